The van der Waals surface area contributed by atoms with Gasteiger partial charge in [-0.1, -0.05) is 0 Å². The lowest BCUT2D eigenvalue weighted by Crippen LogP contribution is -2.25. The SMILES string of the molecule is COc1ccc(-c2[nH]ncc2CN(C)CCN)cn1. The second kappa shape index (κ2) is 6.31. The molecule has 0 aliphatic rings. The van der Waals surface area contributed by atoms with Gasteiger partial charge in [-0.3, -0.25) is 5.10 Å². The van der Waals surface area contributed by atoms with Gasteiger partial charge in [0.1, 0.15) is 0 Å². The molecule has 2 heterocycles. The van der Waals surface area contributed by atoms with E-state index in [4.69, 9.17) is 10.5 Å². The smallest absolute Gasteiger partial charge is 0.212 e. The van der Waals surface area contributed by atoms with Crippen LogP contribution in [0.15, 0.2) is 24.5 Å². The number of hydrogen-bond donors (Lipinski definition) is 2. The zero-order valence-electron chi connectivity index (χ0n) is 11.3. The third kappa shape index (κ3) is 3.30. The molecular formula is C13H19N5O. The maximum Gasteiger partial charge on any atom is 0.212 e. The van der Waals surface area contributed by atoms with Gasteiger partial charge < -0.3 is 15.4 Å². The summed E-state index contributed by atoms with van der Waals surface area (Å²) in [5.74, 6) is 0.602. The maximum absolute atomic E-state index is 5.55. The Morgan fingerprint density at radius 3 is 2.84 bits per heavy atom. The van der Waals surface area contributed by atoms with Crippen molar-refractivity contribution in [2.24, 2.45) is 5.73 Å². The summed E-state index contributed by atoms with van der Waals surface area (Å²) in [5.41, 5.74) is 8.66. The Hall–Kier alpha value is -1.92. The highest BCUT2D eigenvalue weighted by atomic mass is 16.5. The van der Waals surface area contributed by atoms with Crippen molar-refractivity contribution in [3.8, 4) is 17.1 Å². The molecule has 0 spiro atoms. The van der Waals surface area contributed by atoms with Gasteiger partial charge in [0.15, 0.2) is 0 Å². The molecule has 0 aromatic carbocycles. The third-order valence-corrected chi connectivity index (χ3v) is 2.90. The summed E-state index contributed by atoms with van der Waals surface area (Å²) in [6, 6.07) is 3.80. The van der Waals surface area contributed by atoms with Crippen LogP contribution in [0, 0.1) is 0 Å². The minimum atomic E-state index is 0.602. The number of aromatic nitrogens is 3. The van der Waals surface area contributed by atoms with Crippen molar-refractivity contribution in [3.05, 3.63) is 30.1 Å². The number of nitrogens with two attached hydrogens (primary N) is 1. The van der Waals surface area contributed by atoms with E-state index in [2.05, 4.69) is 20.1 Å². The van der Waals surface area contributed by atoms with Crippen molar-refractivity contribution >= 4 is 0 Å². The largest absolute Gasteiger partial charge is 0.481 e. The van der Waals surface area contributed by atoms with Crippen LogP contribution in [0.4, 0.5) is 0 Å². The molecule has 0 saturated carbocycles. The molecule has 0 aliphatic heterocycles. The first-order valence-corrected chi connectivity index (χ1v) is 6.16. The number of methoxy groups -OCH3 is 1. The van der Waals surface area contributed by atoms with E-state index in [-0.39, 0.29) is 0 Å². The molecule has 3 N–H and O–H groups in total. The second-order valence-corrected chi connectivity index (χ2v) is 4.39. The molecular weight excluding hydrogens is 242 g/mol. The topological polar surface area (TPSA) is 80.1 Å². The number of hydrogen-bond acceptors (Lipinski definition) is 5. The van der Waals surface area contributed by atoms with Crippen LogP contribution in [-0.4, -0.2) is 47.3 Å². The van der Waals surface area contributed by atoms with E-state index < -0.39 is 0 Å². The molecule has 0 atom stereocenters. The lowest BCUT2D eigenvalue weighted by molar-refractivity contribution is 0.337. The van der Waals surface area contributed by atoms with Crippen LogP contribution in [0.1, 0.15) is 5.56 Å². The first-order chi connectivity index (χ1) is 9.24. The highest BCUT2D eigenvalue weighted by Crippen LogP contribution is 2.22. The normalized spacial score (nSPS) is 10.9. The van der Waals surface area contributed by atoms with Crippen LogP contribution in [0.5, 0.6) is 5.88 Å². The van der Waals surface area contributed by atoms with Crippen molar-refractivity contribution in [1.29, 1.82) is 0 Å². The number of aromatic amines is 1. The summed E-state index contributed by atoms with van der Waals surface area (Å²) in [5, 5.41) is 7.13. The summed E-state index contributed by atoms with van der Waals surface area (Å²) >= 11 is 0. The summed E-state index contributed by atoms with van der Waals surface area (Å²) in [7, 11) is 3.64. The van der Waals surface area contributed by atoms with Gasteiger partial charge >= 0.3 is 0 Å². The number of nitrogens with zero attached hydrogens (tertiary/aromatic N) is 3. The molecule has 0 radical (unpaired) electrons. The van der Waals surface area contributed by atoms with Gasteiger partial charge in [0.25, 0.3) is 0 Å². The lowest BCUT2D eigenvalue weighted by atomic mass is 10.1. The molecule has 102 valence electrons. The van der Waals surface area contributed by atoms with Crippen molar-refractivity contribution in [2.75, 3.05) is 27.2 Å². The first-order valence-electron chi connectivity index (χ1n) is 6.16. The number of ether oxygens (including phenoxy) is 1. The Bertz CT molecular complexity index is 508. The standard InChI is InChI=1S/C13H19N5O/c1-18(6-5-14)9-11-8-16-17-13(11)10-3-4-12(19-2)15-7-10/h3-4,7-8H,5-6,9,14H2,1-2H3,(H,16,17). The number of rotatable bonds is 6. The Morgan fingerprint density at radius 1 is 1.37 bits per heavy atom. The molecule has 0 unspecified atom stereocenters. The highest BCUT2D eigenvalue weighted by Gasteiger charge is 2.10. The highest BCUT2D eigenvalue weighted by molar-refractivity contribution is 5.61. The summed E-state index contributed by atoms with van der Waals surface area (Å²) in [4.78, 5) is 6.36. The molecule has 2 aromatic rings. The number of nitrogens with one attached hydrogen (secondary N) is 1. The monoisotopic (exact) mass is 261 g/mol. The van der Waals surface area contributed by atoms with Crippen LogP contribution >= 0.6 is 0 Å². The van der Waals surface area contributed by atoms with Gasteiger partial charge in [0.05, 0.1) is 19.0 Å². The molecule has 6 nitrogen and oxygen atoms in total. The van der Waals surface area contributed by atoms with Crippen LogP contribution < -0.4 is 10.5 Å². The molecule has 0 fully saturated rings. The Labute approximate surface area is 112 Å². The van der Waals surface area contributed by atoms with Crippen LogP contribution in [0.25, 0.3) is 11.3 Å². The number of H-pyrrole nitrogens is 1. The lowest BCUT2D eigenvalue weighted by Gasteiger charge is -2.15. The minimum absolute atomic E-state index is 0.602. The summed E-state index contributed by atoms with van der Waals surface area (Å²) in [6.07, 6.45) is 3.62. The number of likely N-dealkylation sites (N-methyl/N-ethyl adjacent to an activating group) is 1. The van der Waals surface area contributed by atoms with Crippen molar-refractivity contribution in [3.63, 3.8) is 0 Å². The number of pyridine rings is 1. The Kier molecular flexibility index (Phi) is 4.48. The van der Waals surface area contributed by atoms with E-state index in [1.54, 1.807) is 13.3 Å². The van der Waals surface area contributed by atoms with E-state index in [1.165, 1.54) is 0 Å². The molecule has 19 heavy (non-hydrogen) atoms. The molecule has 0 saturated heterocycles. The quantitative estimate of drug-likeness (QED) is 0.806. The molecule has 0 amide bonds. The van der Waals surface area contributed by atoms with Gasteiger partial charge in [-0.05, 0) is 13.1 Å². The fraction of sp³-hybridized carbons (Fsp3) is 0.385. The Balaban J connectivity index is 2.18. The van der Waals surface area contributed by atoms with E-state index >= 15 is 0 Å². The predicted octanol–water partition coefficient (Wildman–Crippen LogP) is 0.871. The first kappa shape index (κ1) is 13.5. The maximum atomic E-state index is 5.55. The zero-order valence-corrected chi connectivity index (χ0v) is 11.3. The van der Waals surface area contributed by atoms with Gasteiger partial charge in [0, 0.05) is 43.0 Å². The van der Waals surface area contributed by atoms with Crippen LogP contribution in [-0.2, 0) is 6.54 Å². The van der Waals surface area contributed by atoms with Gasteiger partial charge in [-0.25, -0.2) is 4.98 Å². The molecule has 2 aromatic heterocycles. The molecule has 6 heteroatoms. The van der Waals surface area contributed by atoms with Gasteiger partial charge in [-0.2, -0.15) is 5.10 Å². The second-order valence-electron chi connectivity index (χ2n) is 4.39. The van der Waals surface area contributed by atoms with Crippen LogP contribution in [0.3, 0.4) is 0 Å². The minimum Gasteiger partial charge on any atom is -0.481 e. The van der Waals surface area contributed by atoms with E-state index in [9.17, 15) is 0 Å². The van der Waals surface area contributed by atoms with Crippen molar-refractivity contribution in [2.45, 2.75) is 6.54 Å². The van der Waals surface area contributed by atoms with Crippen molar-refractivity contribution < 1.29 is 4.74 Å². The van der Waals surface area contributed by atoms with E-state index in [1.807, 2.05) is 25.4 Å². The van der Waals surface area contributed by atoms with E-state index in [0.29, 0.717) is 12.4 Å². The average molecular weight is 261 g/mol. The summed E-state index contributed by atoms with van der Waals surface area (Å²) < 4.78 is 5.05. The van der Waals surface area contributed by atoms with E-state index in [0.717, 1.165) is 29.9 Å². The fourth-order valence-electron chi connectivity index (χ4n) is 1.92. The molecule has 0 bridgehead atoms. The van der Waals surface area contributed by atoms with Gasteiger partial charge in [-0.15, -0.1) is 0 Å². The Morgan fingerprint density at radius 2 is 2.21 bits per heavy atom. The van der Waals surface area contributed by atoms with Gasteiger partial charge in [0.2, 0.25) is 5.88 Å². The van der Waals surface area contributed by atoms with Crippen LogP contribution in [0.2, 0.25) is 0 Å². The molecule has 0 aliphatic carbocycles. The average Bonchev–Trinajstić information content (AvgIpc) is 2.87. The fourth-order valence-corrected chi connectivity index (χ4v) is 1.92. The third-order valence-electron chi connectivity index (χ3n) is 2.90. The predicted molar refractivity (Wildman–Crippen MR) is 73.8 cm³/mol. The summed E-state index contributed by atoms with van der Waals surface area (Å²) in [6.45, 7) is 2.30. The zero-order chi connectivity index (χ0) is 13.7. The molecule has 2 rings (SSSR count). The van der Waals surface area contributed by atoms with Crippen molar-refractivity contribution in [1.82, 2.24) is 20.1 Å².